The quantitative estimate of drug-likeness (QED) is 0.518. The van der Waals surface area contributed by atoms with Gasteiger partial charge in [0.1, 0.15) is 0 Å². The van der Waals surface area contributed by atoms with Gasteiger partial charge in [0.05, 0.1) is 0 Å². The van der Waals surface area contributed by atoms with Crippen LogP contribution in [0.1, 0.15) is 26.7 Å². The highest BCUT2D eigenvalue weighted by atomic mass is 16.1. The Labute approximate surface area is 67.8 Å². The molecular formula is C10H14O. The van der Waals surface area contributed by atoms with E-state index in [9.17, 15) is 4.79 Å². The van der Waals surface area contributed by atoms with Crippen molar-refractivity contribution in [3.8, 4) is 0 Å². The molecule has 1 aliphatic carbocycles. The van der Waals surface area contributed by atoms with E-state index in [1.165, 1.54) is 0 Å². The van der Waals surface area contributed by atoms with Crippen LogP contribution in [0.3, 0.4) is 0 Å². The molecular weight excluding hydrogens is 136 g/mol. The van der Waals surface area contributed by atoms with E-state index in [0.29, 0.717) is 12.3 Å². The van der Waals surface area contributed by atoms with Crippen molar-refractivity contribution in [2.24, 2.45) is 5.92 Å². The number of carbonyl (C=O) groups is 1. The third kappa shape index (κ3) is 2.71. The molecule has 1 aliphatic rings. The highest BCUT2D eigenvalue weighted by Gasteiger charge is 2.04. The molecule has 0 aromatic carbocycles. The van der Waals surface area contributed by atoms with Gasteiger partial charge in [-0.1, -0.05) is 19.1 Å². The smallest absolute Gasteiger partial charge is 0.155 e. The first-order valence-electron chi connectivity index (χ1n) is 4.08. The van der Waals surface area contributed by atoms with Crippen molar-refractivity contribution in [1.82, 2.24) is 0 Å². The standard InChI is InChI=1S/C10H14O/c1-8-3-4-9(2)7-10(11)6-5-8/h3-4,7-8H,5-6H2,1-2H3/b4-3?,9-7-. The van der Waals surface area contributed by atoms with Crippen LogP contribution in [0.4, 0.5) is 0 Å². The first-order chi connectivity index (χ1) is 5.18. The van der Waals surface area contributed by atoms with Crippen LogP contribution >= 0.6 is 0 Å². The number of ketones is 1. The van der Waals surface area contributed by atoms with E-state index in [2.05, 4.69) is 13.0 Å². The van der Waals surface area contributed by atoms with Crippen LogP contribution in [-0.2, 0) is 4.79 Å². The van der Waals surface area contributed by atoms with Crippen LogP contribution in [0.25, 0.3) is 0 Å². The molecule has 0 fully saturated rings. The molecule has 60 valence electrons. The molecule has 0 spiro atoms. The molecule has 0 N–H and O–H groups in total. The van der Waals surface area contributed by atoms with Crippen molar-refractivity contribution < 1.29 is 4.79 Å². The third-order valence-electron chi connectivity index (χ3n) is 1.92. The fourth-order valence-electron chi connectivity index (χ4n) is 1.16. The van der Waals surface area contributed by atoms with Gasteiger partial charge in [-0.05, 0) is 30.9 Å². The van der Waals surface area contributed by atoms with E-state index in [1.807, 2.05) is 13.0 Å². The second-order valence-corrected chi connectivity index (χ2v) is 3.23. The summed E-state index contributed by atoms with van der Waals surface area (Å²) in [6.07, 6.45) is 7.60. The second-order valence-electron chi connectivity index (χ2n) is 3.23. The largest absolute Gasteiger partial charge is 0.295 e. The van der Waals surface area contributed by atoms with Gasteiger partial charge in [-0.15, -0.1) is 0 Å². The van der Waals surface area contributed by atoms with E-state index >= 15 is 0 Å². The molecule has 0 bridgehead atoms. The monoisotopic (exact) mass is 150 g/mol. The Bertz CT molecular complexity index is 211. The lowest BCUT2D eigenvalue weighted by atomic mass is 9.98. The molecule has 1 atom stereocenters. The van der Waals surface area contributed by atoms with Crippen LogP contribution in [0.5, 0.6) is 0 Å². The molecule has 11 heavy (non-hydrogen) atoms. The summed E-state index contributed by atoms with van der Waals surface area (Å²) in [6.45, 7) is 4.11. The summed E-state index contributed by atoms with van der Waals surface area (Å²) in [7, 11) is 0. The summed E-state index contributed by atoms with van der Waals surface area (Å²) < 4.78 is 0. The Morgan fingerprint density at radius 1 is 1.55 bits per heavy atom. The molecule has 1 rings (SSSR count). The first-order valence-corrected chi connectivity index (χ1v) is 4.08. The number of hydrogen-bond acceptors (Lipinski definition) is 1. The Hall–Kier alpha value is -0.850. The highest BCUT2D eigenvalue weighted by Crippen LogP contribution is 2.13. The van der Waals surface area contributed by atoms with Crippen molar-refractivity contribution in [3.05, 3.63) is 23.8 Å². The fourth-order valence-corrected chi connectivity index (χ4v) is 1.16. The van der Waals surface area contributed by atoms with Crippen molar-refractivity contribution in [1.29, 1.82) is 0 Å². The molecule has 1 unspecified atom stereocenters. The Balaban J connectivity index is 2.75. The Kier molecular flexibility index (Phi) is 2.64. The van der Waals surface area contributed by atoms with E-state index in [4.69, 9.17) is 0 Å². The Morgan fingerprint density at radius 3 is 3.00 bits per heavy atom. The van der Waals surface area contributed by atoms with Gasteiger partial charge in [0, 0.05) is 6.42 Å². The van der Waals surface area contributed by atoms with Crippen LogP contribution < -0.4 is 0 Å². The van der Waals surface area contributed by atoms with Crippen LogP contribution in [0.15, 0.2) is 23.8 Å². The van der Waals surface area contributed by atoms with Gasteiger partial charge in [-0.3, -0.25) is 4.79 Å². The lowest BCUT2D eigenvalue weighted by molar-refractivity contribution is -0.114. The average Bonchev–Trinajstić information content (AvgIpc) is 1.95. The molecule has 0 aromatic heterocycles. The maximum absolute atomic E-state index is 11.1. The maximum atomic E-state index is 11.1. The van der Waals surface area contributed by atoms with Crippen molar-refractivity contribution in [2.75, 3.05) is 0 Å². The zero-order valence-electron chi connectivity index (χ0n) is 7.13. The summed E-state index contributed by atoms with van der Waals surface area (Å²) in [5, 5.41) is 0. The van der Waals surface area contributed by atoms with Crippen LogP contribution in [0, 0.1) is 5.92 Å². The van der Waals surface area contributed by atoms with Gasteiger partial charge in [0.25, 0.3) is 0 Å². The number of allylic oxidation sites excluding steroid dienone is 4. The van der Waals surface area contributed by atoms with E-state index in [1.54, 1.807) is 6.08 Å². The van der Waals surface area contributed by atoms with E-state index in [0.717, 1.165) is 12.0 Å². The molecule has 0 saturated heterocycles. The molecule has 0 radical (unpaired) electrons. The zero-order chi connectivity index (χ0) is 8.27. The zero-order valence-corrected chi connectivity index (χ0v) is 7.13. The number of carbonyl (C=O) groups excluding carboxylic acids is 1. The summed E-state index contributed by atoms with van der Waals surface area (Å²) in [4.78, 5) is 11.1. The van der Waals surface area contributed by atoms with Crippen molar-refractivity contribution in [3.63, 3.8) is 0 Å². The molecule has 0 saturated carbocycles. The predicted molar refractivity (Wildman–Crippen MR) is 46.3 cm³/mol. The molecule has 1 nitrogen and oxygen atoms in total. The molecule has 0 aliphatic heterocycles. The van der Waals surface area contributed by atoms with Crippen LogP contribution in [0.2, 0.25) is 0 Å². The first kappa shape index (κ1) is 8.25. The van der Waals surface area contributed by atoms with E-state index < -0.39 is 0 Å². The minimum Gasteiger partial charge on any atom is -0.295 e. The summed E-state index contributed by atoms with van der Waals surface area (Å²) >= 11 is 0. The van der Waals surface area contributed by atoms with Gasteiger partial charge in [-0.25, -0.2) is 0 Å². The minimum atomic E-state index is 0.263. The maximum Gasteiger partial charge on any atom is 0.155 e. The molecule has 1 heteroatoms. The topological polar surface area (TPSA) is 17.1 Å². The summed E-state index contributed by atoms with van der Waals surface area (Å²) in [5.41, 5.74) is 1.07. The highest BCUT2D eigenvalue weighted by molar-refractivity contribution is 5.90. The summed E-state index contributed by atoms with van der Waals surface area (Å²) in [6, 6.07) is 0. The van der Waals surface area contributed by atoms with Gasteiger partial charge in [0.2, 0.25) is 0 Å². The number of rotatable bonds is 0. The average molecular weight is 150 g/mol. The summed E-state index contributed by atoms with van der Waals surface area (Å²) in [5.74, 6) is 0.807. The van der Waals surface area contributed by atoms with Gasteiger partial charge < -0.3 is 0 Å². The SMILES string of the molecule is C/C1=C/C(=O)CCC(C)C=C1. The second kappa shape index (κ2) is 3.51. The van der Waals surface area contributed by atoms with Crippen LogP contribution in [-0.4, -0.2) is 5.78 Å². The van der Waals surface area contributed by atoms with Crippen molar-refractivity contribution in [2.45, 2.75) is 26.7 Å². The van der Waals surface area contributed by atoms with Crippen molar-refractivity contribution >= 4 is 5.78 Å². The molecule has 0 aromatic rings. The Morgan fingerprint density at radius 2 is 2.27 bits per heavy atom. The van der Waals surface area contributed by atoms with Gasteiger partial charge >= 0.3 is 0 Å². The lowest BCUT2D eigenvalue weighted by Gasteiger charge is -2.06. The fraction of sp³-hybridized carbons (Fsp3) is 0.500. The normalized spacial score (nSPS) is 30.5. The van der Waals surface area contributed by atoms with Gasteiger partial charge in [0.15, 0.2) is 5.78 Å². The number of hydrogen-bond donors (Lipinski definition) is 0. The van der Waals surface area contributed by atoms with Gasteiger partial charge in [-0.2, -0.15) is 0 Å². The minimum absolute atomic E-state index is 0.263. The predicted octanol–water partition coefficient (Wildman–Crippen LogP) is 2.49. The lowest BCUT2D eigenvalue weighted by Crippen LogP contribution is -2.00. The molecule has 0 amide bonds. The third-order valence-corrected chi connectivity index (χ3v) is 1.92. The molecule has 0 heterocycles. The van der Waals surface area contributed by atoms with E-state index in [-0.39, 0.29) is 5.78 Å².